The molecule has 0 amide bonds. The Morgan fingerprint density at radius 2 is 1.67 bits per heavy atom. The molecule has 1 saturated heterocycles. The molecule has 0 saturated carbocycles. The number of aliphatic hydroxyl groups excluding tert-OH is 4. The first-order chi connectivity index (χ1) is 9.85. The van der Waals surface area contributed by atoms with E-state index in [1.165, 1.54) is 12.1 Å². The normalized spacial score (nSPS) is 33.0. The summed E-state index contributed by atoms with van der Waals surface area (Å²) in [4.78, 5) is 0. The van der Waals surface area contributed by atoms with Crippen LogP contribution < -0.4 is 10.5 Å². The average Bonchev–Trinajstić information content (AvgIpc) is 2.42. The van der Waals surface area contributed by atoms with Crippen molar-refractivity contribution in [2.24, 2.45) is 0 Å². The first-order valence-corrected chi connectivity index (χ1v) is 6.82. The number of halogens is 2. The van der Waals surface area contributed by atoms with E-state index in [0.29, 0.717) is 5.69 Å². The largest absolute Gasteiger partial charge is 0.459 e. The number of benzene rings is 1. The first-order valence-electron chi connectivity index (χ1n) is 6.06. The van der Waals surface area contributed by atoms with E-state index in [2.05, 4.69) is 0 Å². The van der Waals surface area contributed by atoms with Crippen LogP contribution >= 0.6 is 23.2 Å². The monoisotopic (exact) mass is 339 g/mol. The van der Waals surface area contributed by atoms with E-state index in [1.54, 1.807) is 0 Å². The van der Waals surface area contributed by atoms with Crippen molar-refractivity contribution in [3.05, 3.63) is 22.2 Å². The van der Waals surface area contributed by atoms with Crippen molar-refractivity contribution in [1.82, 2.24) is 0 Å². The molecule has 1 aliphatic heterocycles. The summed E-state index contributed by atoms with van der Waals surface area (Å²) in [7, 11) is 0. The third-order valence-corrected chi connectivity index (χ3v) is 3.66. The van der Waals surface area contributed by atoms with Crippen LogP contribution in [0.3, 0.4) is 0 Å². The van der Waals surface area contributed by atoms with Crippen molar-refractivity contribution in [3.63, 3.8) is 0 Å². The van der Waals surface area contributed by atoms with Crippen molar-refractivity contribution in [2.75, 3.05) is 12.3 Å². The van der Waals surface area contributed by atoms with Crippen LogP contribution in [0.2, 0.25) is 10.0 Å². The molecule has 2 rings (SSSR count). The number of hydrogen-bond donors (Lipinski definition) is 5. The predicted molar refractivity (Wildman–Crippen MR) is 75.3 cm³/mol. The fourth-order valence-electron chi connectivity index (χ4n) is 1.97. The van der Waals surface area contributed by atoms with Gasteiger partial charge in [-0.2, -0.15) is 0 Å². The topological polar surface area (TPSA) is 125 Å². The van der Waals surface area contributed by atoms with Gasteiger partial charge in [-0.1, -0.05) is 23.2 Å². The van der Waals surface area contributed by atoms with Gasteiger partial charge in [0.2, 0.25) is 6.29 Å². The van der Waals surface area contributed by atoms with E-state index < -0.39 is 37.3 Å². The average molecular weight is 340 g/mol. The van der Waals surface area contributed by atoms with Gasteiger partial charge in [0, 0.05) is 5.69 Å². The van der Waals surface area contributed by atoms with Crippen molar-refractivity contribution in [2.45, 2.75) is 30.7 Å². The fourth-order valence-corrected chi connectivity index (χ4v) is 2.57. The Hall–Kier alpha value is -0.800. The van der Waals surface area contributed by atoms with E-state index in [-0.39, 0.29) is 15.8 Å². The number of aliphatic hydroxyl groups is 4. The van der Waals surface area contributed by atoms with Gasteiger partial charge in [0.1, 0.15) is 24.4 Å². The van der Waals surface area contributed by atoms with Crippen molar-refractivity contribution in [1.29, 1.82) is 0 Å². The summed E-state index contributed by atoms with van der Waals surface area (Å²) < 4.78 is 10.6. The Bertz CT molecular complexity index is 492. The molecule has 0 radical (unpaired) electrons. The van der Waals surface area contributed by atoms with Crippen molar-refractivity contribution in [3.8, 4) is 5.75 Å². The third kappa shape index (κ3) is 3.35. The molecule has 1 heterocycles. The molecule has 1 aromatic carbocycles. The lowest BCUT2D eigenvalue weighted by molar-refractivity contribution is -0.277. The molecule has 118 valence electrons. The number of rotatable bonds is 3. The number of ether oxygens (including phenoxy) is 2. The van der Waals surface area contributed by atoms with Gasteiger partial charge in [0.05, 0.1) is 16.7 Å². The van der Waals surface area contributed by atoms with Gasteiger partial charge in [-0.15, -0.1) is 0 Å². The van der Waals surface area contributed by atoms with Crippen LogP contribution in [0.5, 0.6) is 5.75 Å². The summed E-state index contributed by atoms with van der Waals surface area (Å²) in [6, 6.07) is 2.79. The van der Waals surface area contributed by atoms with Gasteiger partial charge in [-0.25, -0.2) is 0 Å². The fraction of sp³-hybridized carbons (Fsp3) is 0.500. The quantitative estimate of drug-likeness (QED) is 0.481. The highest BCUT2D eigenvalue weighted by Crippen LogP contribution is 2.37. The van der Waals surface area contributed by atoms with Crippen LogP contribution in [-0.2, 0) is 4.74 Å². The molecule has 5 atom stereocenters. The highest BCUT2D eigenvalue weighted by Gasteiger charge is 2.45. The molecule has 7 nitrogen and oxygen atoms in total. The summed E-state index contributed by atoms with van der Waals surface area (Å²) in [6.07, 6.45) is -7.01. The lowest BCUT2D eigenvalue weighted by Crippen LogP contribution is -2.60. The minimum absolute atomic E-state index is 0.0110. The number of nitrogens with two attached hydrogens (primary N) is 1. The molecule has 1 aliphatic rings. The molecule has 0 aromatic heterocycles. The van der Waals surface area contributed by atoms with E-state index in [9.17, 15) is 15.3 Å². The number of nitrogen functional groups attached to an aromatic ring is 1. The van der Waals surface area contributed by atoms with E-state index in [1.807, 2.05) is 0 Å². The Labute approximate surface area is 130 Å². The van der Waals surface area contributed by atoms with Crippen LogP contribution in [0, 0.1) is 0 Å². The highest BCUT2D eigenvalue weighted by atomic mass is 35.5. The molecule has 6 N–H and O–H groups in total. The summed E-state index contributed by atoms with van der Waals surface area (Å²) in [6.45, 7) is -0.561. The van der Waals surface area contributed by atoms with Gasteiger partial charge >= 0.3 is 0 Å². The van der Waals surface area contributed by atoms with Gasteiger partial charge in [-0.3, -0.25) is 0 Å². The molecule has 0 spiro atoms. The van der Waals surface area contributed by atoms with Crippen LogP contribution in [-0.4, -0.2) is 57.7 Å². The van der Waals surface area contributed by atoms with E-state index >= 15 is 0 Å². The zero-order valence-corrected chi connectivity index (χ0v) is 12.2. The van der Waals surface area contributed by atoms with Crippen LogP contribution in [0.15, 0.2) is 12.1 Å². The summed E-state index contributed by atoms with van der Waals surface area (Å²) in [5.74, 6) is 0.0110. The van der Waals surface area contributed by atoms with Crippen molar-refractivity contribution < 1.29 is 29.9 Å². The van der Waals surface area contributed by atoms with Gasteiger partial charge in [0.25, 0.3) is 0 Å². The summed E-state index contributed by atoms with van der Waals surface area (Å²) in [5.41, 5.74) is 5.89. The summed E-state index contributed by atoms with van der Waals surface area (Å²) >= 11 is 11.9. The molecule has 1 aromatic rings. The maximum absolute atomic E-state index is 9.87. The Balaban J connectivity index is 2.22. The van der Waals surface area contributed by atoms with Crippen LogP contribution in [0.4, 0.5) is 5.69 Å². The summed E-state index contributed by atoms with van der Waals surface area (Å²) in [5, 5.41) is 38.5. The highest BCUT2D eigenvalue weighted by molar-refractivity contribution is 6.37. The van der Waals surface area contributed by atoms with Crippen LogP contribution in [0.25, 0.3) is 0 Å². The maximum atomic E-state index is 9.87. The molecular formula is C12H15Cl2NO6. The molecule has 21 heavy (non-hydrogen) atoms. The second-order valence-corrected chi connectivity index (χ2v) is 5.44. The van der Waals surface area contributed by atoms with Crippen molar-refractivity contribution >= 4 is 28.9 Å². The van der Waals surface area contributed by atoms with E-state index in [4.69, 9.17) is 43.5 Å². The second-order valence-electron chi connectivity index (χ2n) is 4.63. The molecular weight excluding hydrogens is 325 g/mol. The maximum Gasteiger partial charge on any atom is 0.229 e. The van der Waals surface area contributed by atoms with Crippen LogP contribution in [0.1, 0.15) is 0 Å². The number of hydrogen-bond acceptors (Lipinski definition) is 7. The van der Waals surface area contributed by atoms with Gasteiger partial charge < -0.3 is 35.6 Å². The SMILES string of the molecule is Nc1cc(Cl)c(O[C@@H]2O[C@H](CO)[C@H](O)[C@H](O)[C@H]2O)c(Cl)c1. The number of anilines is 1. The molecule has 0 aliphatic carbocycles. The second kappa shape index (κ2) is 6.53. The predicted octanol–water partition coefficient (Wildman–Crippen LogP) is -0.246. The zero-order valence-electron chi connectivity index (χ0n) is 10.7. The lowest BCUT2D eigenvalue weighted by atomic mass is 9.99. The lowest BCUT2D eigenvalue weighted by Gasteiger charge is -2.39. The first kappa shape index (κ1) is 16.6. The van der Waals surface area contributed by atoms with Gasteiger partial charge in [0.15, 0.2) is 5.75 Å². The minimum Gasteiger partial charge on any atom is -0.459 e. The Kier molecular flexibility index (Phi) is 5.15. The standard InChI is InChI=1S/C12H15Cl2NO6/c13-5-1-4(15)2-6(14)11(5)21-12-10(19)9(18)8(17)7(3-16)20-12/h1-2,7-10,12,16-19H,3,15H2/t7-,8+,9+,10-,12+/m1/s1. The smallest absolute Gasteiger partial charge is 0.229 e. The minimum atomic E-state index is -1.55. The Morgan fingerprint density at radius 1 is 1.10 bits per heavy atom. The molecule has 1 fully saturated rings. The van der Waals surface area contributed by atoms with E-state index in [0.717, 1.165) is 0 Å². The third-order valence-electron chi connectivity index (χ3n) is 3.10. The van der Waals surface area contributed by atoms with Gasteiger partial charge in [-0.05, 0) is 12.1 Å². The molecule has 9 heteroatoms. The Morgan fingerprint density at radius 3 is 2.19 bits per heavy atom. The molecule has 0 bridgehead atoms. The molecule has 0 unspecified atom stereocenters. The zero-order chi connectivity index (χ0) is 15.7.